The number of hydrogen-bond donors (Lipinski definition) is 0. The maximum atomic E-state index is 5.26. The van der Waals surface area contributed by atoms with E-state index in [0.717, 1.165) is 13.2 Å². The zero-order valence-electron chi connectivity index (χ0n) is 5.26. The fourth-order valence-electron chi connectivity index (χ4n) is 0.590. The summed E-state index contributed by atoms with van der Waals surface area (Å²) in [5.41, 5.74) is 0.562. The van der Waals surface area contributed by atoms with Crippen molar-refractivity contribution >= 4 is 8.38 Å². The molecule has 0 aromatic carbocycles. The molecule has 0 spiro atoms. The third-order valence-corrected chi connectivity index (χ3v) is 2.66. The van der Waals surface area contributed by atoms with Gasteiger partial charge in [0.2, 0.25) is 0 Å². The Morgan fingerprint density at radius 2 is 1.75 bits per heavy atom. The van der Waals surface area contributed by atoms with E-state index >= 15 is 0 Å². The van der Waals surface area contributed by atoms with E-state index in [2.05, 4.69) is 13.8 Å². The Morgan fingerprint density at radius 1 is 1.25 bits per heavy atom. The van der Waals surface area contributed by atoms with E-state index in [1.165, 1.54) is 0 Å². The van der Waals surface area contributed by atoms with Crippen LogP contribution in [0.25, 0.3) is 0 Å². The molecule has 8 heavy (non-hydrogen) atoms. The predicted octanol–water partition coefficient (Wildman–Crippen LogP) is 1.75. The molecule has 1 aliphatic rings. The average Bonchev–Trinajstić information content (AvgIpc) is 2.12. The van der Waals surface area contributed by atoms with Crippen molar-refractivity contribution in [3.8, 4) is 0 Å². The molecule has 0 amide bonds. The zero-order chi connectivity index (χ0) is 5.98. The van der Waals surface area contributed by atoms with Crippen molar-refractivity contribution in [1.82, 2.24) is 0 Å². The lowest BCUT2D eigenvalue weighted by atomic mass is 10.6. The number of hydrogen-bond acceptors (Lipinski definition) is 2. The summed E-state index contributed by atoms with van der Waals surface area (Å²) in [6.07, 6.45) is 0. The highest BCUT2D eigenvalue weighted by atomic mass is 31.2. The van der Waals surface area contributed by atoms with Crippen molar-refractivity contribution in [2.24, 2.45) is 0 Å². The standard InChI is InChI=1S/C5H11O2P/c1-5(2)8-6-3-4-7-8/h5H,3-4H2,1-2H3. The quantitative estimate of drug-likeness (QED) is 0.508. The van der Waals surface area contributed by atoms with Crippen molar-refractivity contribution in [2.75, 3.05) is 13.2 Å². The van der Waals surface area contributed by atoms with E-state index in [0.29, 0.717) is 5.66 Å². The molecule has 48 valence electrons. The molecular formula is C5H11O2P. The first-order chi connectivity index (χ1) is 3.80. The van der Waals surface area contributed by atoms with Crippen molar-refractivity contribution in [1.29, 1.82) is 0 Å². The van der Waals surface area contributed by atoms with Gasteiger partial charge in [-0.25, -0.2) is 0 Å². The van der Waals surface area contributed by atoms with E-state index < -0.39 is 8.38 Å². The Labute approximate surface area is 51.1 Å². The molecule has 0 aliphatic carbocycles. The summed E-state index contributed by atoms with van der Waals surface area (Å²) in [4.78, 5) is 0. The highest BCUT2D eigenvalue weighted by Gasteiger charge is 2.19. The first-order valence-electron chi connectivity index (χ1n) is 2.86. The minimum absolute atomic E-state index is 0.504. The van der Waals surface area contributed by atoms with Gasteiger partial charge in [0, 0.05) is 5.66 Å². The SMILES string of the molecule is CC(C)P1OCCO1. The lowest BCUT2D eigenvalue weighted by Gasteiger charge is -2.09. The van der Waals surface area contributed by atoms with Crippen LogP contribution in [0.15, 0.2) is 0 Å². The van der Waals surface area contributed by atoms with Gasteiger partial charge in [-0.15, -0.1) is 0 Å². The second-order valence-corrected chi connectivity index (χ2v) is 4.17. The smallest absolute Gasteiger partial charge is 0.173 e. The molecule has 1 rings (SSSR count). The molecular weight excluding hydrogens is 123 g/mol. The summed E-state index contributed by atoms with van der Waals surface area (Å²) in [5.74, 6) is 0. The fraction of sp³-hybridized carbons (Fsp3) is 1.00. The Morgan fingerprint density at radius 3 is 2.00 bits per heavy atom. The lowest BCUT2D eigenvalue weighted by molar-refractivity contribution is 0.365. The van der Waals surface area contributed by atoms with Crippen molar-refractivity contribution < 1.29 is 9.05 Å². The van der Waals surface area contributed by atoms with Gasteiger partial charge in [-0.05, 0) is 0 Å². The first-order valence-corrected chi connectivity index (χ1v) is 4.10. The second-order valence-electron chi connectivity index (χ2n) is 2.05. The van der Waals surface area contributed by atoms with Crippen LogP contribution in [0.3, 0.4) is 0 Å². The van der Waals surface area contributed by atoms with Crippen molar-refractivity contribution in [2.45, 2.75) is 19.5 Å². The number of rotatable bonds is 1. The van der Waals surface area contributed by atoms with Gasteiger partial charge in [0.15, 0.2) is 8.38 Å². The largest absolute Gasteiger partial charge is 0.331 e. The monoisotopic (exact) mass is 134 g/mol. The molecule has 0 aromatic heterocycles. The molecule has 1 heterocycles. The van der Waals surface area contributed by atoms with Crippen LogP contribution in [0.1, 0.15) is 13.8 Å². The van der Waals surface area contributed by atoms with Crippen LogP contribution >= 0.6 is 8.38 Å². The van der Waals surface area contributed by atoms with Gasteiger partial charge < -0.3 is 9.05 Å². The molecule has 0 radical (unpaired) electrons. The third-order valence-electron chi connectivity index (χ3n) is 0.942. The highest BCUT2D eigenvalue weighted by Crippen LogP contribution is 2.46. The second kappa shape index (κ2) is 2.77. The molecule has 0 N–H and O–H groups in total. The van der Waals surface area contributed by atoms with Gasteiger partial charge in [0.05, 0.1) is 13.2 Å². The van der Waals surface area contributed by atoms with Crippen LogP contribution in [0.5, 0.6) is 0 Å². The molecule has 1 fully saturated rings. The molecule has 3 heteroatoms. The van der Waals surface area contributed by atoms with Gasteiger partial charge in [0.25, 0.3) is 0 Å². The Kier molecular flexibility index (Phi) is 2.24. The van der Waals surface area contributed by atoms with E-state index in [1.807, 2.05) is 0 Å². The molecule has 1 aliphatic heterocycles. The minimum atomic E-state index is -0.504. The van der Waals surface area contributed by atoms with Gasteiger partial charge >= 0.3 is 0 Å². The fourth-order valence-corrected chi connectivity index (χ4v) is 1.77. The molecule has 1 saturated heterocycles. The van der Waals surface area contributed by atoms with Crippen molar-refractivity contribution in [3.05, 3.63) is 0 Å². The Hall–Kier alpha value is 0.350. The summed E-state index contributed by atoms with van der Waals surface area (Å²) in [5, 5.41) is 0. The third kappa shape index (κ3) is 1.41. The van der Waals surface area contributed by atoms with E-state index in [9.17, 15) is 0 Å². The maximum absolute atomic E-state index is 5.26. The molecule has 0 aromatic rings. The minimum Gasteiger partial charge on any atom is -0.331 e. The molecule has 0 bridgehead atoms. The summed E-state index contributed by atoms with van der Waals surface area (Å²) in [7, 11) is -0.504. The van der Waals surface area contributed by atoms with E-state index in [1.54, 1.807) is 0 Å². The Balaban J connectivity index is 2.24. The van der Waals surface area contributed by atoms with Gasteiger partial charge in [-0.1, -0.05) is 13.8 Å². The summed E-state index contributed by atoms with van der Waals surface area (Å²) in [6, 6.07) is 0. The van der Waals surface area contributed by atoms with Crippen LogP contribution in [0, 0.1) is 0 Å². The molecule has 2 nitrogen and oxygen atoms in total. The van der Waals surface area contributed by atoms with Gasteiger partial charge in [-0.2, -0.15) is 0 Å². The highest BCUT2D eigenvalue weighted by molar-refractivity contribution is 7.48. The van der Waals surface area contributed by atoms with Crippen LogP contribution in [0.2, 0.25) is 0 Å². The van der Waals surface area contributed by atoms with Gasteiger partial charge in [-0.3, -0.25) is 0 Å². The molecule has 0 saturated carbocycles. The van der Waals surface area contributed by atoms with E-state index in [-0.39, 0.29) is 0 Å². The lowest BCUT2D eigenvalue weighted by Crippen LogP contribution is -1.90. The summed E-state index contributed by atoms with van der Waals surface area (Å²) < 4.78 is 10.5. The molecule has 0 unspecified atom stereocenters. The maximum Gasteiger partial charge on any atom is 0.173 e. The van der Waals surface area contributed by atoms with Crippen LogP contribution in [0.4, 0.5) is 0 Å². The van der Waals surface area contributed by atoms with Crippen molar-refractivity contribution in [3.63, 3.8) is 0 Å². The van der Waals surface area contributed by atoms with E-state index in [4.69, 9.17) is 9.05 Å². The Bertz CT molecular complexity index is 68.8. The normalized spacial score (nSPS) is 22.9. The molecule has 0 atom stereocenters. The van der Waals surface area contributed by atoms with Crippen LogP contribution < -0.4 is 0 Å². The van der Waals surface area contributed by atoms with Gasteiger partial charge in [0.1, 0.15) is 0 Å². The summed E-state index contributed by atoms with van der Waals surface area (Å²) >= 11 is 0. The average molecular weight is 134 g/mol. The topological polar surface area (TPSA) is 18.5 Å². The van der Waals surface area contributed by atoms with Crippen LogP contribution in [-0.2, 0) is 9.05 Å². The van der Waals surface area contributed by atoms with Crippen LogP contribution in [-0.4, -0.2) is 18.9 Å². The first kappa shape index (κ1) is 6.47. The zero-order valence-corrected chi connectivity index (χ0v) is 6.15. The summed E-state index contributed by atoms with van der Waals surface area (Å²) in [6.45, 7) is 5.84. The predicted molar refractivity (Wildman–Crippen MR) is 34.0 cm³/mol.